The van der Waals surface area contributed by atoms with Gasteiger partial charge < -0.3 is 14.5 Å². The minimum atomic E-state index is -0.171. The molecule has 2 aromatic rings. The SMILES string of the molecule is CCC(=O)N(CC(=O)N1CCc2sccc2[C@H]1COc1ccc(Cl)c(C)c1)C[C@H](C)CC. The standard InChI is InChI=1S/C25H33ClN2O3S/c1-5-17(3)14-27(24(29)6-2)15-25(30)28-11-9-23-20(10-12-32-23)22(28)16-31-19-7-8-21(26)18(4)13-19/h7-8,10,12-13,17,22H,5-6,9,11,14-16H2,1-4H3/t17-,22-/m1/s1. The lowest BCUT2D eigenvalue weighted by molar-refractivity contribution is -0.143. The van der Waals surface area contributed by atoms with E-state index in [1.807, 2.05) is 36.9 Å². The molecule has 5 nitrogen and oxygen atoms in total. The van der Waals surface area contributed by atoms with Gasteiger partial charge in [0.05, 0.1) is 12.6 Å². The van der Waals surface area contributed by atoms with Gasteiger partial charge in [0, 0.05) is 29.4 Å². The highest BCUT2D eigenvalue weighted by atomic mass is 35.5. The Kier molecular flexibility index (Phi) is 8.60. The van der Waals surface area contributed by atoms with E-state index in [0.29, 0.717) is 37.1 Å². The number of rotatable bonds is 9. The topological polar surface area (TPSA) is 49.9 Å². The van der Waals surface area contributed by atoms with Gasteiger partial charge >= 0.3 is 0 Å². The van der Waals surface area contributed by atoms with Crippen LogP contribution < -0.4 is 4.74 Å². The molecule has 0 unspecified atom stereocenters. The van der Waals surface area contributed by atoms with Crippen LogP contribution in [0.5, 0.6) is 5.75 Å². The number of aryl methyl sites for hydroxylation is 1. The summed E-state index contributed by atoms with van der Waals surface area (Å²) in [6, 6.07) is 7.52. The molecule has 2 heterocycles. The molecule has 1 aliphatic rings. The largest absolute Gasteiger partial charge is 0.491 e. The lowest BCUT2D eigenvalue weighted by Crippen LogP contribution is -2.48. The quantitative estimate of drug-likeness (QED) is 0.480. The molecule has 0 saturated heterocycles. The molecule has 7 heteroatoms. The number of carbonyl (C=O) groups is 2. The van der Waals surface area contributed by atoms with Crippen molar-refractivity contribution in [2.24, 2.45) is 5.92 Å². The van der Waals surface area contributed by atoms with Crippen molar-refractivity contribution in [3.63, 3.8) is 0 Å². The third kappa shape index (κ3) is 5.84. The lowest BCUT2D eigenvalue weighted by atomic mass is 10.00. The number of hydrogen-bond donors (Lipinski definition) is 0. The van der Waals surface area contributed by atoms with Crippen molar-refractivity contribution in [2.45, 2.75) is 53.0 Å². The highest BCUT2D eigenvalue weighted by Gasteiger charge is 2.33. The van der Waals surface area contributed by atoms with E-state index in [2.05, 4.69) is 25.3 Å². The number of halogens is 1. The second-order valence-electron chi connectivity index (χ2n) is 8.52. The fourth-order valence-electron chi connectivity index (χ4n) is 3.99. The minimum absolute atomic E-state index is 0.0205. The summed E-state index contributed by atoms with van der Waals surface area (Å²) in [6.07, 6.45) is 2.21. The zero-order chi connectivity index (χ0) is 23.3. The number of fused-ring (bicyclic) bond motifs is 1. The van der Waals surface area contributed by atoms with Gasteiger partial charge in [-0.15, -0.1) is 11.3 Å². The zero-order valence-corrected chi connectivity index (χ0v) is 21.0. The third-order valence-corrected chi connectivity index (χ3v) is 7.58. The van der Waals surface area contributed by atoms with Crippen LogP contribution in [0, 0.1) is 12.8 Å². The van der Waals surface area contributed by atoms with E-state index in [4.69, 9.17) is 16.3 Å². The molecule has 3 rings (SSSR count). The summed E-state index contributed by atoms with van der Waals surface area (Å²) in [5.41, 5.74) is 2.10. The molecule has 0 bridgehead atoms. The van der Waals surface area contributed by atoms with E-state index < -0.39 is 0 Å². The molecule has 174 valence electrons. The van der Waals surface area contributed by atoms with E-state index in [1.54, 1.807) is 16.2 Å². The predicted octanol–water partition coefficient (Wildman–Crippen LogP) is 5.50. The van der Waals surface area contributed by atoms with Crippen LogP contribution in [0.1, 0.15) is 55.7 Å². The van der Waals surface area contributed by atoms with Gasteiger partial charge in [0.15, 0.2) is 0 Å². The molecule has 32 heavy (non-hydrogen) atoms. The number of carbonyl (C=O) groups excluding carboxylic acids is 2. The first-order valence-corrected chi connectivity index (χ1v) is 12.6. The maximum absolute atomic E-state index is 13.4. The second-order valence-corrected chi connectivity index (χ2v) is 9.92. The van der Waals surface area contributed by atoms with E-state index in [9.17, 15) is 9.59 Å². The molecule has 0 radical (unpaired) electrons. The van der Waals surface area contributed by atoms with Gasteiger partial charge in [-0.2, -0.15) is 0 Å². The summed E-state index contributed by atoms with van der Waals surface area (Å²) in [6.45, 7) is 9.74. The van der Waals surface area contributed by atoms with E-state index in [0.717, 1.165) is 29.7 Å². The van der Waals surface area contributed by atoms with Crippen LogP contribution in [0.4, 0.5) is 0 Å². The summed E-state index contributed by atoms with van der Waals surface area (Å²) in [5, 5.41) is 2.78. The molecule has 0 fully saturated rings. The Morgan fingerprint density at radius 1 is 1.31 bits per heavy atom. The van der Waals surface area contributed by atoms with Crippen molar-refractivity contribution in [2.75, 3.05) is 26.2 Å². The predicted molar refractivity (Wildman–Crippen MR) is 130 cm³/mol. The molecule has 2 amide bonds. The molecule has 2 atom stereocenters. The number of hydrogen-bond acceptors (Lipinski definition) is 4. The number of nitrogens with zero attached hydrogens (tertiary/aromatic N) is 2. The molecular weight excluding hydrogens is 444 g/mol. The molecular formula is C25H33ClN2O3S. The zero-order valence-electron chi connectivity index (χ0n) is 19.4. The summed E-state index contributed by atoms with van der Waals surface area (Å²) in [4.78, 5) is 30.8. The minimum Gasteiger partial charge on any atom is -0.491 e. The molecule has 0 N–H and O–H groups in total. The maximum atomic E-state index is 13.4. The second kappa shape index (κ2) is 11.2. The number of thiophene rings is 1. The van der Waals surface area contributed by atoms with Crippen molar-refractivity contribution in [1.29, 1.82) is 0 Å². The highest BCUT2D eigenvalue weighted by Crippen LogP contribution is 2.34. The van der Waals surface area contributed by atoms with Gasteiger partial charge in [0.2, 0.25) is 11.8 Å². The first kappa shape index (κ1) is 24.6. The summed E-state index contributed by atoms with van der Waals surface area (Å²) < 4.78 is 6.12. The molecule has 0 spiro atoms. The van der Waals surface area contributed by atoms with Crippen molar-refractivity contribution in [1.82, 2.24) is 9.80 Å². The summed E-state index contributed by atoms with van der Waals surface area (Å²) in [7, 11) is 0. The fourth-order valence-corrected chi connectivity index (χ4v) is 5.04. The van der Waals surface area contributed by atoms with E-state index in [-0.39, 0.29) is 24.4 Å². The van der Waals surface area contributed by atoms with Gasteiger partial charge in [-0.3, -0.25) is 9.59 Å². The van der Waals surface area contributed by atoms with Crippen LogP contribution in [0.2, 0.25) is 5.02 Å². The van der Waals surface area contributed by atoms with E-state index in [1.165, 1.54) is 4.88 Å². The van der Waals surface area contributed by atoms with Gasteiger partial charge in [-0.05, 0) is 60.0 Å². The van der Waals surface area contributed by atoms with Gasteiger partial charge in [-0.25, -0.2) is 0 Å². The number of benzene rings is 1. The van der Waals surface area contributed by atoms with Gasteiger partial charge in [0.25, 0.3) is 0 Å². The van der Waals surface area contributed by atoms with Crippen LogP contribution in [0.25, 0.3) is 0 Å². The van der Waals surface area contributed by atoms with Crippen molar-refractivity contribution in [3.8, 4) is 5.75 Å². The van der Waals surface area contributed by atoms with Crippen molar-refractivity contribution in [3.05, 3.63) is 50.7 Å². The molecule has 1 aliphatic heterocycles. The number of ether oxygens (including phenoxy) is 1. The first-order valence-electron chi connectivity index (χ1n) is 11.4. The lowest BCUT2D eigenvalue weighted by Gasteiger charge is -2.37. The Balaban J connectivity index is 1.77. The highest BCUT2D eigenvalue weighted by molar-refractivity contribution is 7.10. The van der Waals surface area contributed by atoms with Crippen LogP contribution in [0.3, 0.4) is 0 Å². The fraction of sp³-hybridized carbons (Fsp3) is 0.520. The van der Waals surface area contributed by atoms with Crippen molar-refractivity contribution < 1.29 is 14.3 Å². The molecule has 1 aromatic carbocycles. The smallest absolute Gasteiger partial charge is 0.242 e. The third-order valence-electron chi connectivity index (χ3n) is 6.16. The van der Waals surface area contributed by atoms with E-state index >= 15 is 0 Å². The molecule has 0 aliphatic carbocycles. The van der Waals surface area contributed by atoms with Gasteiger partial charge in [-0.1, -0.05) is 38.8 Å². The van der Waals surface area contributed by atoms with Crippen LogP contribution >= 0.6 is 22.9 Å². The Bertz CT molecular complexity index is 945. The van der Waals surface area contributed by atoms with Crippen LogP contribution in [-0.4, -0.2) is 47.9 Å². The average molecular weight is 477 g/mol. The maximum Gasteiger partial charge on any atom is 0.242 e. The van der Waals surface area contributed by atoms with Crippen molar-refractivity contribution >= 4 is 34.8 Å². The Morgan fingerprint density at radius 3 is 2.78 bits per heavy atom. The molecule has 0 saturated carbocycles. The summed E-state index contributed by atoms with van der Waals surface area (Å²) in [5.74, 6) is 1.10. The van der Waals surface area contributed by atoms with Gasteiger partial charge in [0.1, 0.15) is 12.4 Å². The van der Waals surface area contributed by atoms with Crippen LogP contribution in [0.15, 0.2) is 29.6 Å². The summed E-state index contributed by atoms with van der Waals surface area (Å²) >= 11 is 7.87. The first-order chi connectivity index (χ1) is 15.3. The molecule has 1 aromatic heterocycles. The monoisotopic (exact) mass is 476 g/mol. The van der Waals surface area contributed by atoms with Crippen LogP contribution in [-0.2, 0) is 16.0 Å². The normalized spacial score (nSPS) is 16.4. The Labute approximate surface area is 200 Å². The average Bonchev–Trinajstić information content (AvgIpc) is 3.27. The Hall–Kier alpha value is -2.05. The number of amides is 2. The Morgan fingerprint density at radius 2 is 2.09 bits per heavy atom.